The standard InChI is InChI=1S/C18H24N2O2/c1-3-12-18(13-4-2)16(21)20(17(22)19-18)14-8-11-15-9-6-5-7-10-15/h5-11H,3-4,12-14H2,1-2H3,(H,19,22)/b11-8+. The summed E-state index contributed by atoms with van der Waals surface area (Å²) < 4.78 is 0. The highest BCUT2D eigenvalue weighted by atomic mass is 16.2. The molecule has 0 radical (unpaired) electrons. The number of urea groups is 1. The highest BCUT2D eigenvalue weighted by molar-refractivity contribution is 6.07. The van der Waals surface area contributed by atoms with E-state index >= 15 is 0 Å². The number of nitrogens with one attached hydrogen (secondary N) is 1. The number of carbonyl (C=O) groups excluding carboxylic acids is 2. The molecule has 0 saturated carbocycles. The Kier molecular flexibility index (Phi) is 5.36. The van der Waals surface area contributed by atoms with E-state index in [-0.39, 0.29) is 11.9 Å². The van der Waals surface area contributed by atoms with E-state index in [2.05, 4.69) is 5.32 Å². The van der Waals surface area contributed by atoms with E-state index in [1.165, 1.54) is 4.90 Å². The Labute approximate surface area is 132 Å². The molecule has 1 aromatic carbocycles. The summed E-state index contributed by atoms with van der Waals surface area (Å²) in [5.74, 6) is -0.0843. The Morgan fingerprint density at radius 2 is 1.73 bits per heavy atom. The average Bonchev–Trinajstić information content (AvgIpc) is 2.73. The molecule has 4 nitrogen and oxygen atoms in total. The van der Waals surface area contributed by atoms with Crippen molar-refractivity contribution in [1.29, 1.82) is 0 Å². The molecule has 2 rings (SSSR count). The smallest absolute Gasteiger partial charge is 0.323 e. The molecule has 0 spiro atoms. The largest absolute Gasteiger partial charge is 0.325 e. The summed E-state index contributed by atoms with van der Waals surface area (Å²) in [7, 11) is 0. The van der Waals surface area contributed by atoms with Crippen LogP contribution in [0.1, 0.15) is 45.1 Å². The van der Waals surface area contributed by atoms with E-state index in [9.17, 15) is 9.59 Å². The molecular formula is C18H24N2O2. The average molecular weight is 300 g/mol. The molecule has 1 aromatic rings. The minimum absolute atomic E-state index is 0.0843. The predicted molar refractivity (Wildman–Crippen MR) is 88.3 cm³/mol. The van der Waals surface area contributed by atoms with Gasteiger partial charge in [-0.15, -0.1) is 0 Å². The fourth-order valence-electron chi connectivity index (χ4n) is 3.02. The van der Waals surface area contributed by atoms with Crippen LogP contribution in [0.15, 0.2) is 36.4 Å². The van der Waals surface area contributed by atoms with Gasteiger partial charge < -0.3 is 5.32 Å². The van der Waals surface area contributed by atoms with Crippen molar-refractivity contribution in [2.45, 2.75) is 45.1 Å². The van der Waals surface area contributed by atoms with Crippen LogP contribution in [0.25, 0.3) is 6.08 Å². The lowest BCUT2D eigenvalue weighted by Gasteiger charge is -2.25. The first kappa shape index (κ1) is 16.3. The highest BCUT2D eigenvalue weighted by Gasteiger charge is 2.49. The molecule has 0 unspecified atom stereocenters. The quantitative estimate of drug-likeness (QED) is 0.782. The van der Waals surface area contributed by atoms with Crippen molar-refractivity contribution in [1.82, 2.24) is 10.2 Å². The Morgan fingerprint density at radius 3 is 2.32 bits per heavy atom. The van der Waals surface area contributed by atoms with Crippen LogP contribution in [0, 0.1) is 0 Å². The minimum Gasteiger partial charge on any atom is -0.323 e. The first-order valence-corrected chi connectivity index (χ1v) is 7.98. The van der Waals surface area contributed by atoms with Gasteiger partial charge in [0.25, 0.3) is 5.91 Å². The molecule has 22 heavy (non-hydrogen) atoms. The van der Waals surface area contributed by atoms with Gasteiger partial charge in [0.05, 0.1) is 0 Å². The van der Waals surface area contributed by atoms with Crippen LogP contribution in [0.2, 0.25) is 0 Å². The number of hydrogen-bond donors (Lipinski definition) is 1. The first-order valence-electron chi connectivity index (χ1n) is 7.98. The third-order valence-electron chi connectivity index (χ3n) is 4.00. The van der Waals surface area contributed by atoms with Crippen LogP contribution < -0.4 is 5.32 Å². The van der Waals surface area contributed by atoms with Crippen LogP contribution in [0.3, 0.4) is 0 Å². The molecule has 0 bridgehead atoms. The van der Waals surface area contributed by atoms with Gasteiger partial charge in [-0.05, 0) is 18.4 Å². The van der Waals surface area contributed by atoms with Gasteiger partial charge in [-0.25, -0.2) is 4.79 Å². The summed E-state index contributed by atoms with van der Waals surface area (Å²) in [5, 5.41) is 2.92. The van der Waals surface area contributed by atoms with Crippen molar-refractivity contribution >= 4 is 18.0 Å². The van der Waals surface area contributed by atoms with Gasteiger partial charge in [0.15, 0.2) is 0 Å². The summed E-state index contributed by atoms with van der Waals surface area (Å²) in [4.78, 5) is 26.1. The lowest BCUT2D eigenvalue weighted by molar-refractivity contribution is -0.131. The van der Waals surface area contributed by atoms with Crippen LogP contribution in [-0.2, 0) is 4.79 Å². The second kappa shape index (κ2) is 7.25. The summed E-state index contributed by atoms with van der Waals surface area (Å²) in [5.41, 5.74) is 0.365. The number of rotatable bonds is 7. The van der Waals surface area contributed by atoms with Crippen molar-refractivity contribution in [2.24, 2.45) is 0 Å². The fraction of sp³-hybridized carbons (Fsp3) is 0.444. The molecule has 0 aromatic heterocycles. The van der Waals surface area contributed by atoms with Crippen LogP contribution in [-0.4, -0.2) is 28.9 Å². The predicted octanol–water partition coefficient (Wildman–Crippen LogP) is 3.59. The lowest BCUT2D eigenvalue weighted by atomic mass is 9.88. The number of nitrogens with zero attached hydrogens (tertiary/aromatic N) is 1. The Morgan fingerprint density at radius 1 is 1.09 bits per heavy atom. The zero-order valence-corrected chi connectivity index (χ0v) is 13.3. The van der Waals surface area contributed by atoms with Crippen molar-refractivity contribution < 1.29 is 9.59 Å². The van der Waals surface area contributed by atoms with E-state index in [1.54, 1.807) is 0 Å². The van der Waals surface area contributed by atoms with E-state index in [0.717, 1.165) is 18.4 Å². The summed E-state index contributed by atoms with van der Waals surface area (Å²) in [6, 6.07) is 9.58. The molecule has 118 valence electrons. The third-order valence-corrected chi connectivity index (χ3v) is 4.00. The monoisotopic (exact) mass is 300 g/mol. The first-order chi connectivity index (χ1) is 10.6. The third kappa shape index (κ3) is 3.38. The topological polar surface area (TPSA) is 49.4 Å². The summed E-state index contributed by atoms with van der Waals surface area (Å²) >= 11 is 0. The molecule has 3 amide bonds. The maximum absolute atomic E-state index is 12.7. The SMILES string of the molecule is CCCC1(CCC)NC(=O)N(C/C=C/c2ccccc2)C1=O. The van der Waals surface area contributed by atoms with Gasteiger partial charge in [0.2, 0.25) is 0 Å². The maximum atomic E-state index is 12.7. The Hall–Kier alpha value is -2.10. The van der Waals surface area contributed by atoms with Crippen LogP contribution >= 0.6 is 0 Å². The molecule has 1 heterocycles. The van der Waals surface area contributed by atoms with Gasteiger partial charge in [-0.2, -0.15) is 0 Å². The van der Waals surface area contributed by atoms with Gasteiger partial charge in [0, 0.05) is 6.54 Å². The van der Waals surface area contributed by atoms with E-state index in [1.807, 2.05) is 56.3 Å². The number of benzene rings is 1. The van der Waals surface area contributed by atoms with Gasteiger partial charge >= 0.3 is 6.03 Å². The van der Waals surface area contributed by atoms with Crippen LogP contribution in [0.5, 0.6) is 0 Å². The molecule has 1 aliphatic rings. The van der Waals surface area contributed by atoms with E-state index in [0.29, 0.717) is 19.4 Å². The van der Waals surface area contributed by atoms with E-state index in [4.69, 9.17) is 0 Å². The zero-order chi connectivity index (χ0) is 16.0. The van der Waals surface area contributed by atoms with Crippen molar-refractivity contribution in [2.75, 3.05) is 6.54 Å². The van der Waals surface area contributed by atoms with Gasteiger partial charge in [0.1, 0.15) is 5.54 Å². The molecule has 1 saturated heterocycles. The Bertz CT molecular complexity index is 545. The minimum atomic E-state index is -0.693. The zero-order valence-electron chi connectivity index (χ0n) is 13.3. The summed E-state index contributed by atoms with van der Waals surface area (Å²) in [6.45, 7) is 4.39. The fourth-order valence-corrected chi connectivity index (χ4v) is 3.02. The molecule has 0 aliphatic carbocycles. The number of amides is 3. The van der Waals surface area contributed by atoms with Gasteiger partial charge in [-0.3, -0.25) is 9.69 Å². The van der Waals surface area contributed by atoms with Gasteiger partial charge in [-0.1, -0.05) is 69.2 Å². The molecule has 1 fully saturated rings. The van der Waals surface area contributed by atoms with Crippen molar-refractivity contribution in [3.05, 3.63) is 42.0 Å². The lowest BCUT2D eigenvalue weighted by Crippen LogP contribution is -2.46. The van der Waals surface area contributed by atoms with Crippen LogP contribution in [0.4, 0.5) is 4.79 Å². The second-order valence-electron chi connectivity index (χ2n) is 5.74. The summed E-state index contributed by atoms with van der Waals surface area (Å²) in [6.07, 6.45) is 6.94. The number of imide groups is 1. The highest BCUT2D eigenvalue weighted by Crippen LogP contribution is 2.27. The maximum Gasteiger partial charge on any atom is 0.325 e. The van der Waals surface area contributed by atoms with E-state index < -0.39 is 5.54 Å². The molecule has 1 aliphatic heterocycles. The molecule has 4 heteroatoms. The molecule has 0 atom stereocenters. The molecule has 1 N–H and O–H groups in total. The number of carbonyl (C=O) groups is 2. The normalized spacial score (nSPS) is 17.3. The molecular weight excluding hydrogens is 276 g/mol. The van der Waals surface area contributed by atoms with Crippen molar-refractivity contribution in [3.63, 3.8) is 0 Å². The second-order valence-corrected chi connectivity index (χ2v) is 5.74. The Balaban J connectivity index is 2.07. The van der Waals surface area contributed by atoms with Crippen molar-refractivity contribution in [3.8, 4) is 0 Å². The number of hydrogen-bond acceptors (Lipinski definition) is 2.